The molecule has 0 spiro atoms. The van der Waals surface area contributed by atoms with Gasteiger partial charge in [-0.05, 0) is 47.7 Å². The second kappa shape index (κ2) is 5.93. The Morgan fingerprint density at radius 3 is 2.62 bits per heavy atom. The molecule has 0 bridgehead atoms. The molecule has 0 radical (unpaired) electrons. The number of rotatable bonds is 2. The zero-order valence-corrected chi connectivity index (χ0v) is 14.8. The number of halogens is 2. The highest BCUT2D eigenvalue weighted by molar-refractivity contribution is 9.10. The molecule has 1 aliphatic heterocycles. The Balaban J connectivity index is 1.98. The summed E-state index contributed by atoms with van der Waals surface area (Å²) >= 11 is 7.32. The molecule has 108 valence electrons. The average Bonchev–Trinajstić information content (AvgIpc) is 2.49. The SMILES string of the molecule is Cc1ccc(C(Br)c2ccc3c(c2)C(=O)NCC3)cc1Br. The number of benzene rings is 2. The van der Waals surface area contributed by atoms with Crippen molar-refractivity contribution in [2.24, 2.45) is 0 Å². The van der Waals surface area contributed by atoms with Gasteiger partial charge in [0.05, 0.1) is 4.83 Å². The van der Waals surface area contributed by atoms with Gasteiger partial charge in [0.25, 0.3) is 5.91 Å². The molecule has 0 aromatic heterocycles. The summed E-state index contributed by atoms with van der Waals surface area (Å²) in [5.74, 6) is 0.0305. The van der Waals surface area contributed by atoms with Gasteiger partial charge in [0.2, 0.25) is 0 Å². The Kier molecular flexibility index (Phi) is 4.18. The lowest BCUT2D eigenvalue weighted by Gasteiger charge is -2.19. The molecule has 0 saturated heterocycles. The maximum atomic E-state index is 12.0. The first-order chi connectivity index (χ1) is 10.1. The van der Waals surface area contributed by atoms with E-state index in [0.717, 1.165) is 34.1 Å². The van der Waals surface area contributed by atoms with Gasteiger partial charge in [0, 0.05) is 16.6 Å². The van der Waals surface area contributed by atoms with Crippen LogP contribution in [0.2, 0.25) is 0 Å². The van der Waals surface area contributed by atoms with E-state index in [9.17, 15) is 4.79 Å². The van der Waals surface area contributed by atoms with E-state index in [1.54, 1.807) is 0 Å². The quantitative estimate of drug-likeness (QED) is 0.726. The normalized spacial score (nSPS) is 15.3. The fourth-order valence-electron chi connectivity index (χ4n) is 2.55. The number of fused-ring (bicyclic) bond motifs is 1. The van der Waals surface area contributed by atoms with Crippen LogP contribution >= 0.6 is 31.9 Å². The van der Waals surface area contributed by atoms with Crippen molar-refractivity contribution in [1.29, 1.82) is 0 Å². The van der Waals surface area contributed by atoms with Gasteiger partial charge >= 0.3 is 0 Å². The number of carbonyl (C=O) groups excluding carboxylic acids is 1. The fraction of sp³-hybridized carbons (Fsp3) is 0.235. The van der Waals surface area contributed by atoms with Gasteiger partial charge in [0.15, 0.2) is 0 Å². The summed E-state index contributed by atoms with van der Waals surface area (Å²) in [6.45, 7) is 2.80. The second-order valence-electron chi connectivity index (χ2n) is 5.29. The predicted molar refractivity (Wildman–Crippen MR) is 92.1 cm³/mol. The lowest BCUT2D eigenvalue weighted by molar-refractivity contribution is 0.0946. The van der Waals surface area contributed by atoms with Crippen molar-refractivity contribution >= 4 is 37.8 Å². The monoisotopic (exact) mass is 407 g/mol. The van der Waals surface area contributed by atoms with E-state index in [2.05, 4.69) is 74.4 Å². The van der Waals surface area contributed by atoms with Crippen molar-refractivity contribution in [1.82, 2.24) is 5.32 Å². The number of alkyl halides is 1. The van der Waals surface area contributed by atoms with Crippen LogP contribution in [-0.2, 0) is 6.42 Å². The van der Waals surface area contributed by atoms with Gasteiger partial charge in [-0.25, -0.2) is 0 Å². The van der Waals surface area contributed by atoms with E-state index >= 15 is 0 Å². The molecule has 4 heteroatoms. The summed E-state index contributed by atoms with van der Waals surface area (Å²) in [5.41, 5.74) is 5.41. The fourth-order valence-corrected chi connectivity index (χ4v) is 3.51. The van der Waals surface area contributed by atoms with E-state index in [1.165, 1.54) is 11.1 Å². The van der Waals surface area contributed by atoms with E-state index in [-0.39, 0.29) is 10.7 Å². The van der Waals surface area contributed by atoms with E-state index in [1.807, 2.05) is 6.07 Å². The molecule has 3 rings (SSSR count). The zero-order valence-electron chi connectivity index (χ0n) is 11.6. The Labute approximate surface area is 141 Å². The number of hydrogen-bond donors (Lipinski definition) is 1. The highest BCUT2D eigenvalue weighted by atomic mass is 79.9. The summed E-state index contributed by atoms with van der Waals surface area (Å²) < 4.78 is 1.10. The van der Waals surface area contributed by atoms with Crippen molar-refractivity contribution in [3.8, 4) is 0 Å². The van der Waals surface area contributed by atoms with Crippen LogP contribution in [0.25, 0.3) is 0 Å². The Bertz CT molecular complexity index is 712. The van der Waals surface area contributed by atoms with Crippen LogP contribution in [0.15, 0.2) is 40.9 Å². The summed E-state index contributed by atoms with van der Waals surface area (Å²) in [4.78, 5) is 12.0. The molecule has 2 aromatic carbocycles. The number of hydrogen-bond acceptors (Lipinski definition) is 1. The van der Waals surface area contributed by atoms with Gasteiger partial charge in [-0.1, -0.05) is 56.1 Å². The van der Waals surface area contributed by atoms with Crippen LogP contribution in [-0.4, -0.2) is 12.5 Å². The highest BCUT2D eigenvalue weighted by Gasteiger charge is 2.19. The first-order valence-corrected chi connectivity index (χ1v) is 8.58. The van der Waals surface area contributed by atoms with Gasteiger partial charge in [0.1, 0.15) is 0 Å². The molecular formula is C17H15Br2NO. The van der Waals surface area contributed by atoms with E-state index in [0.29, 0.717) is 0 Å². The minimum atomic E-state index is 0.0305. The highest BCUT2D eigenvalue weighted by Crippen LogP contribution is 2.34. The number of carbonyl (C=O) groups is 1. The van der Waals surface area contributed by atoms with Crippen molar-refractivity contribution in [2.45, 2.75) is 18.2 Å². The lowest BCUT2D eigenvalue weighted by atomic mass is 9.95. The van der Waals surface area contributed by atoms with Crippen LogP contribution in [0.1, 0.15) is 37.4 Å². The maximum Gasteiger partial charge on any atom is 0.251 e. The summed E-state index contributed by atoms with van der Waals surface area (Å²) in [7, 11) is 0. The van der Waals surface area contributed by atoms with Crippen molar-refractivity contribution < 1.29 is 4.79 Å². The Morgan fingerprint density at radius 2 is 1.86 bits per heavy atom. The third-order valence-corrected chi connectivity index (χ3v) is 5.75. The molecule has 2 nitrogen and oxygen atoms in total. The summed E-state index contributed by atoms with van der Waals surface area (Å²) in [6.07, 6.45) is 0.907. The largest absolute Gasteiger partial charge is 0.352 e. The number of nitrogens with one attached hydrogen (secondary N) is 1. The minimum Gasteiger partial charge on any atom is -0.352 e. The molecule has 1 heterocycles. The molecule has 0 fully saturated rings. The van der Waals surface area contributed by atoms with Gasteiger partial charge in [-0.2, -0.15) is 0 Å². The smallest absolute Gasteiger partial charge is 0.251 e. The predicted octanol–water partition coefficient (Wildman–Crippen LogP) is 4.53. The standard InChI is InChI=1S/C17H15Br2NO/c1-10-2-3-13(9-15(10)18)16(19)12-5-4-11-6-7-20-17(21)14(11)8-12/h2-5,8-9,16H,6-7H2,1H3,(H,20,21). The van der Waals surface area contributed by atoms with Gasteiger partial charge in [-0.3, -0.25) is 4.79 Å². The van der Waals surface area contributed by atoms with Crippen LogP contribution in [0, 0.1) is 6.92 Å². The first kappa shape index (κ1) is 14.8. The van der Waals surface area contributed by atoms with Crippen molar-refractivity contribution in [3.63, 3.8) is 0 Å². The maximum absolute atomic E-state index is 12.0. The molecule has 0 saturated carbocycles. The van der Waals surface area contributed by atoms with Crippen molar-refractivity contribution in [3.05, 3.63) is 68.7 Å². The van der Waals surface area contributed by atoms with Gasteiger partial charge in [-0.15, -0.1) is 0 Å². The third-order valence-electron chi connectivity index (χ3n) is 3.84. The Morgan fingerprint density at radius 1 is 1.14 bits per heavy atom. The Hall–Kier alpha value is -1.13. The first-order valence-electron chi connectivity index (χ1n) is 6.87. The molecule has 0 aliphatic carbocycles. The van der Waals surface area contributed by atoms with E-state index < -0.39 is 0 Å². The van der Waals surface area contributed by atoms with Crippen LogP contribution in [0.4, 0.5) is 0 Å². The third kappa shape index (κ3) is 2.92. The number of amides is 1. The molecule has 1 N–H and O–H groups in total. The molecule has 21 heavy (non-hydrogen) atoms. The molecule has 1 aliphatic rings. The molecule has 2 aromatic rings. The van der Waals surface area contributed by atoms with E-state index in [4.69, 9.17) is 0 Å². The second-order valence-corrected chi connectivity index (χ2v) is 7.06. The number of aryl methyl sites for hydroxylation is 1. The summed E-state index contributed by atoms with van der Waals surface area (Å²) in [5, 5.41) is 2.90. The minimum absolute atomic E-state index is 0.0305. The average molecular weight is 409 g/mol. The van der Waals surface area contributed by atoms with Crippen LogP contribution < -0.4 is 5.32 Å². The lowest BCUT2D eigenvalue weighted by Crippen LogP contribution is -2.31. The topological polar surface area (TPSA) is 29.1 Å². The van der Waals surface area contributed by atoms with Gasteiger partial charge < -0.3 is 5.32 Å². The zero-order chi connectivity index (χ0) is 15.0. The van der Waals surface area contributed by atoms with Crippen LogP contribution in [0.3, 0.4) is 0 Å². The summed E-state index contributed by atoms with van der Waals surface area (Å²) in [6, 6.07) is 12.5. The molecular weight excluding hydrogens is 394 g/mol. The molecule has 1 amide bonds. The molecule has 1 atom stereocenters. The van der Waals surface area contributed by atoms with Crippen LogP contribution in [0.5, 0.6) is 0 Å². The molecule has 1 unspecified atom stereocenters. The van der Waals surface area contributed by atoms with Crippen molar-refractivity contribution in [2.75, 3.05) is 6.54 Å².